The quantitative estimate of drug-likeness (QED) is 0.629. The maximum atomic E-state index is 5.60. The second-order valence-corrected chi connectivity index (χ2v) is 6.86. The predicted molar refractivity (Wildman–Crippen MR) is 99.9 cm³/mol. The predicted octanol–water partition coefficient (Wildman–Crippen LogP) is 5.64. The van der Waals surface area contributed by atoms with Crippen molar-refractivity contribution in [1.82, 2.24) is 0 Å². The van der Waals surface area contributed by atoms with Gasteiger partial charge in [-0.2, -0.15) is 0 Å². The molecule has 2 aromatic rings. The molecule has 0 saturated carbocycles. The minimum Gasteiger partial charge on any atom is -0.115 e. The lowest BCUT2D eigenvalue weighted by Gasteiger charge is -2.18. The van der Waals surface area contributed by atoms with Crippen LogP contribution in [0.25, 0.3) is 5.57 Å². The molecule has 0 aromatic heterocycles. The number of hydrogen-bond donors (Lipinski definition) is 0. The lowest BCUT2D eigenvalue weighted by molar-refractivity contribution is 0.828. The van der Waals surface area contributed by atoms with Crippen LogP contribution in [0.2, 0.25) is 0 Å². The minimum atomic E-state index is 0.455. The third-order valence-electron chi connectivity index (χ3n) is 5.33. The molecule has 0 fully saturated rings. The third kappa shape index (κ3) is 2.62. The van der Waals surface area contributed by atoms with Gasteiger partial charge in [0.2, 0.25) is 0 Å². The average Bonchev–Trinajstić information content (AvgIpc) is 2.84. The van der Waals surface area contributed by atoms with E-state index in [0.29, 0.717) is 5.92 Å². The maximum absolute atomic E-state index is 5.60. The lowest BCUT2D eigenvalue weighted by Crippen LogP contribution is -2.05. The smallest absolute Gasteiger partial charge is 0.0251 e. The van der Waals surface area contributed by atoms with Gasteiger partial charge in [0.25, 0.3) is 0 Å². The Morgan fingerprint density at radius 2 is 1.65 bits per heavy atom. The molecule has 0 heteroatoms. The second-order valence-electron chi connectivity index (χ2n) is 6.86. The van der Waals surface area contributed by atoms with Crippen LogP contribution in [-0.2, 0) is 6.42 Å². The van der Waals surface area contributed by atoms with Crippen molar-refractivity contribution >= 4 is 5.57 Å². The van der Waals surface area contributed by atoms with Gasteiger partial charge in [0.1, 0.15) is 0 Å². The van der Waals surface area contributed by atoms with E-state index in [9.17, 15) is 0 Å². The molecule has 0 nitrogen and oxygen atoms in total. The summed E-state index contributed by atoms with van der Waals surface area (Å²) < 4.78 is 0. The molecule has 2 aromatic carbocycles. The van der Waals surface area contributed by atoms with Crippen molar-refractivity contribution in [2.45, 2.75) is 47.0 Å². The van der Waals surface area contributed by atoms with Crippen LogP contribution in [0.5, 0.6) is 0 Å². The van der Waals surface area contributed by atoms with E-state index in [0.717, 1.165) is 12.0 Å². The van der Waals surface area contributed by atoms with Crippen LogP contribution >= 0.6 is 0 Å². The minimum absolute atomic E-state index is 0.455. The number of benzene rings is 2. The fourth-order valence-electron chi connectivity index (χ4n) is 3.88. The molecular formula is C23H24. The fraction of sp³-hybridized carbons (Fsp3) is 0.304. The van der Waals surface area contributed by atoms with Gasteiger partial charge in [-0.15, -0.1) is 6.42 Å². The summed E-state index contributed by atoms with van der Waals surface area (Å²) in [5.74, 6) is 3.24. The highest BCUT2D eigenvalue weighted by atomic mass is 14.3. The summed E-state index contributed by atoms with van der Waals surface area (Å²) in [5, 5.41) is 0. The van der Waals surface area contributed by atoms with E-state index in [-0.39, 0.29) is 0 Å². The lowest BCUT2D eigenvalue weighted by atomic mass is 9.86. The Labute approximate surface area is 140 Å². The number of aryl methyl sites for hydroxylation is 3. The fourth-order valence-corrected chi connectivity index (χ4v) is 3.88. The molecule has 1 aliphatic rings. The summed E-state index contributed by atoms with van der Waals surface area (Å²) in [7, 11) is 0. The van der Waals surface area contributed by atoms with Crippen molar-refractivity contribution < 1.29 is 0 Å². The molecule has 1 unspecified atom stereocenters. The van der Waals surface area contributed by atoms with Crippen molar-refractivity contribution in [3.63, 3.8) is 0 Å². The van der Waals surface area contributed by atoms with Crippen LogP contribution in [0, 0.1) is 40.0 Å². The summed E-state index contributed by atoms with van der Waals surface area (Å²) in [6, 6.07) is 8.79. The van der Waals surface area contributed by atoms with Crippen LogP contribution in [0.15, 0.2) is 30.3 Å². The first-order valence-corrected chi connectivity index (χ1v) is 8.28. The molecule has 0 heterocycles. The number of allylic oxidation sites excluding steroid dienone is 2. The number of hydrogen-bond acceptors (Lipinski definition) is 0. The molecular weight excluding hydrogens is 276 g/mol. The molecule has 0 spiro atoms. The van der Waals surface area contributed by atoms with Gasteiger partial charge in [0.05, 0.1) is 0 Å². The Hall–Kier alpha value is -2.26. The van der Waals surface area contributed by atoms with Crippen molar-refractivity contribution in [2.24, 2.45) is 0 Å². The standard InChI is InChI=1S/C23H24/c1-7-19-10-17(5)23-20(11-16(4)22(23)12-19)13-21-15(3)9-8-14(2)18(21)6/h1,8-12,20H,13H2,2-6H3. The van der Waals surface area contributed by atoms with Crippen molar-refractivity contribution in [2.75, 3.05) is 0 Å². The molecule has 0 aliphatic heterocycles. The number of terminal acetylenes is 1. The Balaban J connectivity index is 2.07. The Bertz CT molecular complexity index is 857. The van der Waals surface area contributed by atoms with Gasteiger partial charge < -0.3 is 0 Å². The molecule has 23 heavy (non-hydrogen) atoms. The van der Waals surface area contributed by atoms with Crippen molar-refractivity contribution in [1.29, 1.82) is 0 Å². The molecule has 0 N–H and O–H groups in total. The van der Waals surface area contributed by atoms with E-state index in [2.05, 4.69) is 70.9 Å². The van der Waals surface area contributed by atoms with Crippen molar-refractivity contribution in [3.05, 3.63) is 74.8 Å². The van der Waals surface area contributed by atoms with E-state index in [1.807, 2.05) is 0 Å². The van der Waals surface area contributed by atoms with Gasteiger partial charge in [-0.3, -0.25) is 0 Å². The summed E-state index contributed by atoms with van der Waals surface area (Å²) >= 11 is 0. The molecule has 0 bridgehead atoms. The number of fused-ring (bicyclic) bond motifs is 1. The van der Waals surface area contributed by atoms with E-state index >= 15 is 0 Å². The van der Waals surface area contributed by atoms with Gasteiger partial charge in [-0.1, -0.05) is 24.1 Å². The molecule has 1 atom stereocenters. The highest BCUT2D eigenvalue weighted by Crippen LogP contribution is 2.41. The highest BCUT2D eigenvalue weighted by Gasteiger charge is 2.25. The zero-order chi connectivity index (χ0) is 16.7. The van der Waals surface area contributed by atoms with Crippen LogP contribution in [0.3, 0.4) is 0 Å². The molecule has 1 aliphatic carbocycles. The van der Waals surface area contributed by atoms with Crippen LogP contribution in [-0.4, -0.2) is 0 Å². The van der Waals surface area contributed by atoms with Gasteiger partial charge in [0, 0.05) is 11.5 Å². The summed E-state index contributed by atoms with van der Waals surface area (Å²) in [4.78, 5) is 0. The summed E-state index contributed by atoms with van der Waals surface area (Å²) in [6.45, 7) is 11.1. The molecule has 116 valence electrons. The van der Waals surface area contributed by atoms with E-state index in [4.69, 9.17) is 6.42 Å². The zero-order valence-corrected chi connectivity index (χ0v) is 14.7. The first-order chi connectivity index (χ1) is 10.9. The molecule has 3 rings (SSSR count). The van der Waals surface area contributed by atoms with Gasteiger partial charge in [-0.25, -0.2) is 0 Å². The zero-order valence-electron chi connectivity index (χ0n) is 14.7. The molecule has 0 radical (unpaired) electrons. The van der Waals surface area contributed by atoms with Gasteiger partial charge >= 0.3 is 0 Å². The van der Waals surface area contributed by atoms with E-state index in [1.54, 1.807) is 0 Å². The Kier molecular flexibility index (Phi) is 3.90. The maximum Gasteiger partial charge on any atom is 0.0251 e. The average molecular weight is 300 g/mol. The SMILES string of the molecule is C#Cc1cc(C)c2c(c1)C(C)=CC2Cc1c(C)ccc(C)c1C. The normalized spacial score (nSPS) is 16.0. The summed E-state index contributed by atoms with van der Waals surface area (Å²) in [5.41, 5.74) is 12.2. The van der Waals surface area contributed by atoms with Gasteiger partial charge in [-0.05, 0) is 97.7 Å². The first kappa shape index (κ1) is 15.6. The Morgan fingerprint density at radius 3 is 2.35 bits per heavy atom. The van der Waals surface area contributed by atoms with Crippen molar-refractivity contribution in [3.8, 4) is 12.3 Å². The van der Waals surface area contributed by atoms with E-state index in [1.165, 1.54) is 44.5 Å². The topological polar surface area (TPSA) is 0 Å². The highest BCUT2D eigenvalue weighted by molar-refractivity contribution is 5.76. The second kappa shape index (κ2) is 5.74. The summed E-state index contributed by atoms with van der Waals surface area (Å²) in [6.07, 6.45) is 9.09. The van der Waals surface area contributed by atoms with Gasteiger partial charge in [0.15, 0.2) is 0 Å². The van der Waals surface area contributed by atoms with Crippen LogP contribution < -0.4 is 0 Å². The third-order valence-corrected chi connectivity index (χ3v) is 5.33. The Morgan fingerprint density at radius 1 is 0.957 bits per heavy atom. The molecule has 0 amide bonds. The van der Waals surface area contributed by atoms with E-state index < -0.39 is 0 Å². The largest absolute Gasteiger partial charge is 0.115 e. The monoisotopic (exact) mass is 300 g/mol. The number of rotatable bonds is 2. The van der Waals surface area contributed by atoms with Crippen LogP contribution in [0.1, 0.15) is 57.3 Å². The van der Waals surface area contributed by atoms with Crippen LogP contribution in [0.4, 0.5) is 0 Å². The first-order valence-electron chi connectivity index (χ1n) is 8.28. The molecule has 0 saturated heterocycles.